The van der Waals surface area contributed by atoms with Crippen LogP contribution in [-0.2, 0) is 4.79 Å². The highest BCUT2D eigenvalue weighted by Crippen LogP contribution is 2.23. The Morgan fingerprint density at radius 3 is 2.73 bits per heavy atom. The minimum Gasteiger partial charge on any atom is -0.325 e. The molecule has 0 aliphatic rings. The average Bonchev–Trinajstić information content (AvgIpc) is 2.11. The molecule has 1 N–H and O–H groups in total. The van der Waals surface area contributed by atoms with E-state index in [1.807, 2.05) is 44.1 Å². The van der Waals surface area contributed by atoms with Crippen LogP contribution in [0.15, 0.2) is 22.7 Å². The zero-order chi connectivity index (χ0) is 11.4. The summed E-state index contributed by atoms with van der Waals surface area (Å²) < 4.78 is 1.00. The molecule has 0 heterocycles. The van der Waals surface area contributed by atoms with Crippen LogP contribution in [0.3, 0.4) is 0 Å². The van der Waals surface area contributed by atoms with Gasteiger partial charge in [-0.25, -0.2) is 0 Å². The summed E-state index contributed by atoms with van der Waals surface area (Å²) in [5.74, 6) is 0.00111. The van der Waals surface area contributed by atoms with Gasteiger partial charge in [-0.05, 0) is 38.7 Å². The molecule has 1 amide bonds. The molecule has 0 aromatic heterocycles. The summed E-state index contributed by atoms with van der Waals surface area (Å²) in [6, 6.07) is 5.76. The number of anilines is 1. The summed E-state index contributed by atoms with van der Waals surface area (Å²) in [6.07, 6.45) is 0. The number of carbonyl (C=O) groups is 1. The third-order valence-electron chi connectivity index (χ3n) is 2.00. The second-order valence-electron chi connectivity index (χ2n) is 3.70. The molecule has 1 aromatic carbocycles. The molecule has 0 aliphatic heterocycles. The summed E-state index contributed by atoms with van der Waals surface area (Å²) in [7, 11) is 3.74. The minimum absolute atomic E-state index is 0.00111. The van der Waals surface area contributed by atoms with Gasteiger partial charge in [0.05, 0.1) is 6.54 Å². The molecule has 0 saturated carbocycles. The van der Waals surface area contributed by atoms with Crippen molar-refractivity contribution in [2.24, 2.45) is 0 Å². The second kappa shape index (κ2) is 5.28. The number of carbonyl (C=O) groups excluding carboxylic acids is 1. The van der Waals surface area contributed by atoms with Gasteiger partial charge in [-0.15, -0.1) is 0 Å². The third-order valence-corrected chi connectivity index (χ3v) is 2.86. The number of nitrogens with zero attached hydrogens (tertiary/aromatic N) is 1. The number of benzene rings is 1. The van der Waals surface area contributed by atoms with Gasteiger partial charge in [0.15, 0.2) is 0 Å². The Morgan fingerprint density at radius 2 is 2.13 bits per heavy atom. The summed E-state index contributed by atoms with van der Waals surface area (Å²) >= 11 is 3.43. The fourth-order valence-electron chi connectivity index (χ4n) is 1.22. The van der Waals surface area contributed by atoms with Gasteiger partial charge in [-0.1, -0.05) is 22.0 Å². The van der Waals surface area contributed by atoms with Crippen LogP contribution in [0.25, 0.3) is 0 Å². The first-order valence-corrected chi connectivity index (χ1v) is 5.49. The van der Waals surface area contributed by atoms with E-state index in [0.29, 0.717) is 6.54 Å². The van der Waals surface area contributed by atoms with Gasteiger partial charge < -0.3 is 10.2 Å². The number of likely N-dealkylation sites (N-methyl/N-ethyl adjacent to an activating group) is 1. The predicted molar refractivity (Wildman–Crippen MR) is 66.1 cm³/mol. The number of rotatable bonds is 3. The fourth-order valence-corrected chi connectivity index (χ4v) is 1.59. The zero-order valence-electron chi connectivity index (χ0n) is 9.17. The van der Waals surface area contributed by atoms with Crippen molar-refractivity contribution < 1.29 is 4.79 Å². The minimum atomic E-state index is 0.00111. The highest BCUT2D eigenvalue weighted by atomic mass is 79.9. The van der Waals surface area contributed by atoms with E-state index in [9.17, 15) is 4.79 Å². The molecule has 0 fully saturated rings. The van der Waals surface area contributed by atoms with Crippen LogP contribution in [0.1, 0.15) is 5.56 Å². The molecule has 0 aliphatic carbocycles. The van der Waals surface area contributed by atoms with Gasteiger partial charge >= 0.3 is 0 Å². The monoisotopic (exact) mass is 270 g/mol. The van der Waals surface area contributed by atoms with Gasteiger partial charge in [0.25, 0.3) is 0 Å². The van der Waals surface area contributed by atoms with E-state index in [1.165, 1.54) is 0 Å². The lowest BCUT2D eigenvalue weighted by molar-refractivity contribution is -0.116. The Kier molecular flexibility index (Phi) is 4.29. The van der Waals surface area contributed by atoms with E-state index in [0.717, 1.165) is 15.7 Å². The normalized spacial score (nSPS) is 10.5. The molecule has 0 bridgehead atoms. The molecule has 1 rings (SSSR count). The molecule has 3 nitrogen and oxygen atoms in total. The highest BCUT2D eigenvalue weighted by molar-refractivity contribution is 9.10. The maximum atomic E-state index is 11.5. The van der Waals surface area contributed by atoms with Crippen molar-refractivity contribution >= 4 is 27.5 Å². The summed E-state index contributed by atoms with van der Waals surface area (Å²) in [4.78, 5) is 13.4. The fraction of sp³-hybridized carbons (Fsp3) is 0.364. The lowest BCUT2D eigenvalue weighted by atomic mass is 10.2. The summed E-state index contributed by atoms with van der Waals surface area (Å²) in [5, 5.41) is 2.87. The molecule has 0 saturated heterocycles. The Hall–Kier alpha value is -0.870. The standard InChI is InChI=1S/C11H15BrN2O/c1-8-9(12)5-4-6-10(8)13-11(15)7-14(2)3/h4-6H,7H2,1-3H3,(H,13,15). The summed E-state index contributed by atoms with van der Waals surface area (Å²) in [6.45, 7) is 2.36. The first-order valence-electron chi connectivity index (χ1n) is 4.70. The van der Waals surface area contributed by atoms with Crippen LogP contribution >= 0.6 is 15.9 Å². The van der Waals surface area contributed by atoms with Crippen molar-refractivity contribution in [3.63, 3.8) is 0 Å². The van der Waals surface area contributed by atoms with E-state index >= 15 is 0 Å². The molecular weight excluding hydrogens is 256 g/mol. The predicted octanol–water partition coefficient (Wildman–Crippen LogP) is 2.26. The molecular formula is C11H15BrN2O. The molecule has 82 valence electrons. The van der Waals surface area contributed by atoms with E-state index in [4.69, 9.17) is 0 Å². The van der Waals surface area contributed by atoms with Crippen LogP contribution in [-0.4, -0.2) is 31.4 Å². The van der Waals surface area contributed by atoms with Crippen molar-refractivity contribution in [1.82, 2.24) is 4.90 Å². The highest BCUT2D eigenvalue weighted by Gasteiger charge is 2.06. The van der Waals surface area contributed by atoms with Crippen molar-refractivity contribution in [1.29, 1.82) is 0 Å². The van der Waals surface area contributed by atoms with E-state index in [-0.39, 0.29) is 5.91 Å². The zero-order valence-corrected chi connectivity index (χ0v) is 10.8. The Labute approximate surface area is 98.6 Å². The topological polar surface area (TPSA) is 32.3 Å². The maximum absolute atomic E-state index is 11.5. The second-order valence-corrected chi connectivity index (χ2v) is 4.55. The van der Waals surface area contributed by atoms with E-state index in [2.05, 4.69) is 21.2 Å². The lowest BCUT2D eigenvalue weighted by Crippen LogP contribution is -2.27. The van der Waals surface area contributed by atoms with E-state index in [1.54, 1.807) is 0 Å². The van der Waals surface area contributed by atoms with Crippen molar-refractivity contribution in [2.45, 2.75) is 6.92 Å². The Balaban J connectivity index is 2.73. The number of nitrogens with one attached hydrogen (secondary N) is 1. The van der Waals surface area contributed by atoms with Gasteiger partial charge in [-0.3, -0.25) is 4.79 Å². The van der Waals surface area contributed by atoms with E-state index < -0.39 is 0 Å². The molecule has 0 unspecified atom stereocenters. The SMILES string of the molecule is Cc1c(Br)cccc1NC(=O)CN(C)C. The molecule has 0 spiro atoms. The van der Waals surface area contributed by atoms with Gasteiger partial charge in [0.2, 0.25) is 5.91 Å². The molecule has 4 heteroatoms. The molecule has 1 aromatic rings. The van der Waals surface area contributed by atoms with Crippen LogP contribution in [0, 0.1) is 6.92 Å². The number of halogens is 1. The van der Waals surface area contributed by atoms with Gasteiger partial charge in [0.1, 0.15) is 0 Å². The first-order chi connectivity index (χ1) is 7.00. The van der Waals surface area contributed by atoms with Gasteiger partial charge in [0, 0.05) is 10.2 Å². The Bertz CT molecular complexity index is 364. The van der Waals surface area contributed by atoms with Crippen molar-refractivity contribution in [3.8, 4) is 0 Å². The molecule has 0 atom stereocenters. The van der Waals surface area contributed by atoms with Crippen molar-refractivity contribution in [3.05, 3.63) is 28.2 Å². The smallest absolute Gasteiger partial charge is 0.238 e. The first kappa shape index (κ1) is 12.2. The molecule has 0 radical (unpaired) electrons. The maximum Gasteiger partial charge on any atom is 0.238 e. The average molecular weight is 271 g/mol. The summed E-state index contributed by atoms with van der Waals surface area (Å²) in [5.41, 5.74) is 1.90. The third kappa shape index (κ3) is 3.64. The Morgan fingerprint density at radius 1 is 1.47 bits per heavy atom. The van der Waals surface area contributed by atoms with Crippen LogP contribution < -0.4 is 5.32 Å². The molecule has 15 heavy (non-hydrogen) atoms. The number of hydrogen-bond acceptors (Lipinski definition) is 2. The largest absolute Gasteiger partial charge is 0.325 e. The van der Waals surface area contributed by atoms with Gasteiger partial charge in [-0.2, -0.15) is 0 Å². The number of hydrogen-bond donors (Lipinski definition) is 1. The lowest BCUT2D eigenvalue weighted by Gasteiger charge is -2.12. The number of amides is 1. The van der Waals surface area contributed by atoms with Crippen LogP contribution in [0.2, 0.25) is 0 Å². The quantitative estimate of drug-likeness (QED) is 0.914. The van der Waals surface area contributed by atoms with Crippen molar-refractivity contribution in [2.75, 3.05) is 26.0 Å². The van der Waals surface area contributed by atoms with Crippen LogP contribution in [0.4, 0.5) is 5.69 Å². The van der Waals surface area contributed by atoms with Crippen LogP contribution in [0.5, 0.6) is 0 Å².